The number of hydrogen-bond acceptors (Lipinski definition) is 6. The summed E-state index contributed by atoms with van der Waals surface area (Å²) >= 11 is 1.30. The molecule has 1 saturated carbocycles. The average molecular weight is 421 g/mol. The smallest absolute Gasteiger partial charge is 0.343 e. The van der Waals surface area contributed by atoms with Crippen LogP contribution >= 0.6 is 11.8 Å². The predicted molar refractivity (Wildman–Crippen MR) is 115 cm³/mol. The summed E-state index contributed by atoms with van der Waals surface area (Å²) < 4.78 is 1.44. The monoisotopic (exact) mass is 420 g/mol. The van der Waals surface area contributed by atoms with Crippen LogP contribution < -0.4 is 0 Å². The quantitative estimate of drug-likeness (QED) is 0.639. The summed E-state index contributed by atoms with van der Waals surface area (Å²) in [5, 5.41) is 0.576. The van der Waals surface area contributed by atoms with Gasteiger partial charge >= 0.3 is 11.9 Å². The molecule has 8 nitrogen and oxygen atoms in total. The first-order chi connectivity index (χ1) is 13.9. The number of amides is 4. The van der Waals surface area contributed by atoms with Gasteiger partial charge in [0.25, 0.3) is 5.84 Å². The molecule has 0 bridgehead atoms. The molecule has 9 heteroatoms. The minimum absolute atomic E-state index is 0.0204. The lowest BCUT2D eigenvalue weighted by atomic mass is 9.88. The number of amidine groups is 2. The molecule has 2 heterocycles. The highest BCUT2D eigenvalue weighted by Gasteiger charge is 2.49. The van der Waals surface area contributed by atoms with Crippen molar-refractivity contribution >= 4 is 46.3 Å². The molecule has 1 atom stereocenters. The Balaban J connectivity index is 1.93. The maximum absolute atomic E-state index is 12.9. The van der Waals surface area contributed by atoms with E-state index >= 15 is 0 Å². The normalized spacial score (nSPS) is 23.0. The van der Waals surface area contributed by atoms with Crippen LogP contribution in [0.5, 0.6) is 0 Å². The molecule has 1 aliphatic carbocycles. The minimum atomic E-state index is -0.718. The van der Waals surface area contributed by atoms with Gasteiger partial charge in [0.1, 0.15) is 5.04 Å². The molecular weight excluding hydrogens is 390 g/mol. The van der Waals surface area contributed by atoms with Crippen LogP contribution in [0.3, 0.4) is 0 Å². The van der Waals surface area contributed by atoms with Gasteiger partial charge in [-0.3, -0.25) is 9.59 Å². The van der Waals surface area contributed by atoms with E-state index in [-0.39, 0.29) is 23.5 Å². The van der Waals surface area contributed by atoms with Crippen LogP contribution in [0.25, 0.3) is 0 Å². The number of aliphatic imine (C=N–C) groups is 2. The number of carbonyl (C=O) groups excluding carboxylic acids is 3. The summed E-state index contributed by atoms with van der Waals surface area (Å²) in [5.74, 6) is 0.561. The third-order valence-corrected chi connectivity index (χ3v) is 6.90. The van der Waals surface area contributed by atoms with Crippen LogP contribution in [0.1, 0.15) is 46.0 Å². The summed E-state index contributed by atoms with van der Waals surface area (Å²) in [6, 6.07) is -0.390. The fourth-order valence-corrected chi connectivity index (χ4v) is 5.04. The van der Waals surface area contributed by atoms with E-state index in [2.05, 4.69) is 4.99 Å². The van der Waals surface area contributed by atoms with Crippen LogP contribution in [-0.2, 0) is 9.59 Å². The van der Waals surface area contributed by atoms with Gasteiger partial charge in [-0.1, -0.05) is 36.0 Å². The Morgan fingerprint density at radius 2 is 1.83 bits per heavy atom. The number of nitrogens with zero attached hydrogens (tertiary/aromatic N) is 5. The molecule has 3 rings (SSSR count). The van der Waals surface area contributed by atoms with Gasteiger partial charge in [-0.05, 0) is 26.7 Å². The second-order valence-corrected chi connectivity index (χ2v) is 8.64. The maximum atomic E-state index is 12.9. The van der Waals surface area contributed by atoms with Crippen molar-refractivity contribution in [3.05, 3.63) is 0 Å². The highest BCUT2D eigenvalue weighted by atomic mass is 32.2. The Hall–Kier alpha value is -2.03. The van der Waals surface area contributed by atoms with E-state index in [0.29, 0.717) is 29.8 Å². The average Bonchev–Trinajstić information content (AvgIpc) is 2.75. The van der Waals surface area contributed by atoms with Gasteiger partial charge in [0.2, 0.25) is 11.7 Å². The van der Waals surface area contributed by atoms with E-state index in [9.17, 15) is 14.4 Å². The van der Waals surface area contributed by atoms with Gasteiger partial charge in [-0.15, -0.1) is 0 Å². The molecule has 0 radical (unpaired) electrons. The molecule has 1 unspecified atom stereocenters. The molecular formula is C20H30N5O3S+. The Morgan fingerprint density at radius 3 is 2.45 bits per heavy atom. The molecule has 0 saturated heterocycles. The molecule has 0 aromatic heterocycles. The van der Waals surface area contributed by atoms with Crippen molar-refractivity contribution in [2.24, 2.45) is 21.8 Å². The highest BCUT2D eigenvalue weighted by molar-refractivity contribution is 8.14. The van der Waals surface area contributed by atoms with Gasteiger partial charge in [0.15, 0.2) is 5.92 Å². The Bertz CT molecular complexity index is 794. The largest absolute Gasteiger partial charge is 0.445 e. The van der Waals surface area contributed by atoms with E-state index in [1.807, 2.05) is 13.8 Å². The van der Waals surface area contributed by atoms with Crippen LogP contribution in [0.4, 0.5) is 4.79 Å². The molecule has 0 aromatic rings. The number of hydrogen-bond donors (Lipinski definition) is 0. The Labute approximate surface area is 176 Å². The SMILES string of the molecule is CCN(CC)C(=O)CSC1=NC(C2CCCCC2)=NC2=[N+](C)C(=O)N(C)C(=O)C12. The lowest BCUT2D eigenvalue weighted by Crippen LogP contribution is -2.55. The zero-order valence-corrected chi connectivity index (χ0v) is 18.5. The third-order valence-electron chi connectivity index (χ3n) is 5.88. The number of fused-ring (bicyclic) bond motifs is 1. The van der Waals surface area contributed by atoms with Crippen molar-refractivity contribution in [3.8, 4) is 0 Å². The van der Waals surface area contributed by atoms with E-state index in [1.54, 1.807) is 11.9 Å². The van der Waals surface area contributed by atoms with E-state index in [4.69, 9.17) is 4.99 Å². The summed E-state index contributed by atoms with van der Waals surface area (Å²) in [4.78, 5) is 50.2. The van der Waals surface area contributed by atoms with Crippen LogP contribution in [0, 0.1) is 11.8 Å². The second kappa shape index (κ2) is 9.19. The molecule has 1 fully saturated rings. The van der Waals surface area contributed by atoms with Crippen molar-refractivity contribution in [2.75, 3.05) is 32.9 Å². The van der Waals surface area contributed by atoms with Crippen molar-refractivity contribution in [3.63, 3.8) is 0 Å². The zero-order valence-electron chi connectivity index (χ0n) is 17.7. The number of urea groups is 1. The van der Waals surface area contributed by atoms with Crippen LogP contribution in [0.2, 0.25) is 0 Å². The minimum Gasteiger partial charge on any atom is -0.343 e. The lowest BCUT2D eigenvalue weighted by molar-refractivity contribution is -0.407. The maximum Gasteiger partial charge on any atom is 0.445 e. The van der Waals surface area contributed by atoms with E-state index in [1.165, 1.54) is 29.8 Å². The Morgan fingerprint density at radius 1 is 1.17 bits per heavy atom. The topological polar surface area (TPSA) is 85.4 Å². The fraction of sp³-hybridized carbons (Fsp3) is 0.700. The van der Waals surface area contributed by atoms with Gasteiger partial charge in [-0.2, -0.15) is 9.48 Å². The standard InChI is InChI=1S/C20H30N5O3S/c1-5-25(6-2)14(26)12-29-18-15-17(23(3)20(28)24(4)19(15)27)21-16(22-18)13-10-8-7-9-11-13/h13,15H,5-12H2,1-4H3/q+1. The molecule has 0 aromatic carbocycles. The molecule has 2 aliphatic heterocycles. The molecule has 0 spiro atoms. The first-order valence-electron chi connectivity index (χ1n) is 10.4. The summed E-state index contributed by atoms with van der Waals surface area (Å²) in [5.41, 5.74) is 0. The number of imide groups is 1. The summed E-state index contributed by atoms with van der Waals surface area (Å²) in [6.07, 6.45) is 5.52. The number of rotatable bonds is 5. The Kier molecular flexibility index (Phi) is 6.87. The van der Waals surface area contributed by atoms with Crippen LogP contribution in [0.15, 0.2) is 9.98 Å². The molecule has 3 aliphatic rings. The van der Waals surface area contributed by atoms with Gasteiger partial charge < -0.3 is 4.90 Å². The van der Waals surface area contributed by atoms with Crippen LogP contribution in [-0.4, -0.2) is 81.9 Å². The lowest BCUT2D eigenvalue weighted by Gasteiger charge is -2.29. The summed E-state index contributed by atoms with van der Waals surface area (Å²) in [7, 11) is 3.12. The van der Waals surface area contributed by atoms with Gasteiger partial charge in [0.05, 0.1) is 19.8 Å². The third kappa shape index (κ3) is 4.29. The summed E-state index contributed by atoms with van der Waals surface area (Å²) in [6.45, 7) is 5.20. The molecule has 158 valence electrons. The number of carbonyl (C=O) groups is 3. The van der Waals surface area contributed by atoms with Crippen molar-refractivity contribution < 1.29 is 19.0 Å². The first-order valence-corrected chi connectivity index (χ1v) is 11.4. The molecule has 29 heavy (non-hydrogen) atoms. The predicted octanol–water partition coefficient (Wildman–Crippen LogP) is 2.23. The van der Waals surface area contributed by atoms with E-state index in [0.717, 1.165) is 30.6 Å². The van der Waals surface area contributed by atoms with Gasteiger partial charge in [0, 0.05) is 19.0 Å². The molecule has 4 amide bonds. The van der Waals surface area contributed by atoms with Gasteiger partial charge in [-0.25, -0.2) is 9.79 Å². The molecule has 0 N–H and O–H groups in total. The second-order valence-electron chi connectivity index (χ2n) is 7.64. The van der Waals surface area contributed by atoms with Crippen molar-refractivity contribution in [1.82, 2.24) is 9.80 Å². The highest BCUT2D eigenvalue weighted by Crippen LogP contribution is 2.31. The van der Waals surface area contributed by atoms with Crippen molar-refractivity contribution in [1.29, 1.82) is 0 Å². The zero-order chi connectivity index (χ0) is 21.1. The van der Waals surface area contributed by atoms with E-state index < -0.39 is 11.9 Å². The fourth-order valence-electron chi connectivity index (χ4n) is 4.05. The first kappa shape index (κ1) is 21.7. The number of thioether (sulfide) groups is 1. The van der Waals surface area contributed by atoms with Crippen molar-refractivity contribution in [2.45, 2.75) is 46.0 Å².